The van der Waals surface area contributed by atoms with Crippen LogP contribution in [0.15, 0.2) is 17.3 Å². The van der Waals surface area contributed by atoms with Gasteiger partial charge in [0, 0.05) is 25.8 Å². The number of fused-ring (bicyclic) bond motifs is 1. The zero-order chi connectivity index (χ0) is 17.2. The lowest BCUT2D eigenvalue weighted by atomic mass is 10.1. The molecule has 0 aromatic carbocycles. The van der Waals surface area contributed by atoms with E-state index in [0.29, 0.717) is 22.9 Å². The molecule has 1 aromatic heterocycles. The number of aromatic nitrogens is 1. The number of nitrogens with zero attached hydrogens (tertiary/aromatic N) is 3. The highest BCUT2D eigenvalue weighted by Crippen LogP contribution is 2.30. The molecule has 3 aliphatic heterocycles. The number of likely N-dealkylation sites (tertiary alicyclic amines) is 2. The van der Waals surface area contributed by atoms with Gasteiger partial charge in [0.15, 0.2) is 0 Å². The fraction of sp³-hybridized carbons (Fsp3) is 0.611. The highest BCUT2D eigenvalue weighted by atomic mass is 32.2. The van der Waals surface area contributed by atoms with E-state index in [2.05, 4.69) is 15.2 Å². The summed E-state index contributed by atoms with van der Waals surface area (Å²) in [6.45, 7) is 5.16. The van der Waals surface area contributed by atoms with E-state index in [-0.39, 0.29) is 11.8 Å². The minimum absolute atomic E-state index is 0.0290. The van der Waals surface area contributed by atoms with Gasteiger partial charge in [-0.15, -0.1) is 0 Å². The molecule has 0 aliphatic carbocycles. The topological polar surface area (TPSA) is 65.5 Å². The number of carbonyl (C=O) groups is 2. The Morgan fingerprint density at radius 1 is 1.28 bits per heavy atom. The van der Waals surface area contributed by atoms with Gasteiger partial charge < -0.3 is 15.1 Å². The molecule has 0 spiro atoms. The Morgan fingerprint density at radius 3 is 2.96 bits per heavy atom. The molecule has 0 radical (unpaired) electrons. The maximum Gasteiger partial charge on any atom is 0.255 e. The van der Waals surface area contributed by atoms with E-state index >= 15 is 0 Å². The van der Waals surface area contributed by atoms with E-state index in [0.717, 1.165) is 31.1 Å². The van der Waals surface area contributed by atoms with Crippen molar-refractivity contribution in [1.82, 2.24) is 14.8 Å². The lowest BCUT2D eigenvalue weighted by molar-refractivity contribution is -0.113. The number of anilines is 1. The van der Waals surface area contributed by atoms with Crippen LogP contribution in [-0.2, 0) is 4.79 Å². The highest BCUT2D eigenvalue weighted by Gasteiger charge is 2.29. The standard InChI is InChI=1S/C18H24N4O2S/c23-16-12-25-17-15(20-16)8-14(9-19-17)18(24)22-7-4-13(11-22)10-21-5-2-1-3-6-21/h8-9,13H,1-7,10-12H2,(H,20,23). The van der Waals surface area contributed by atoms with E-state index < -0.39 is 0 Å². The molecule has 25 heavy (non-hydrogen) atoms. The number of thioether (sulfide) groups is 1. The van der Waals surface area contributed by atoms with Gasteiger partial charge in [-0.2, -0.15) is 0 Å². The molecule has 134 valence electrons. The van der Waals surface area contributed by atoms with Crippen molar-refractivity contribution in [1.29, 1.82) is 0 Å². The maximum atomic E-state index is 12.8. The molecule has 0 bridgehead atoms. The van der Waals surface area contributed by atoms with Crippen LogP contribution in [0, 0.1) is 5.92 Å². The van der Waals surface area contributed by atoms with Crippen LogP contribution in [-0.4, -0.2) is 65.1 Å². The van der Waals surface area contributed by atoms with Gasteiger partial charge in [-0.25, -0.2) is 4.98 Å². The van der Waals surface area contributed by atoms with E-state index in [1.165, 1.54) is 44.1 Å². The molecule has 1 unspecified atom stereocenters. The number of amides is 2. The SMILES string of the molecule is O=C1CSc2ncc(C(=O)N3CCC(CN4CCCCC4)C3)cc2N1. The molecule has 1 aromatic rings. The number of hydrogen-bond donors (Lipinski definition) is 1. The number of pyridine rings is 1. The van der Waals surface area contributed by atoms with Gasteiger partial charge in [-0.3, -0.25) is 9.59 Å². The first-order valence-electron chi connectivity index (χ1n) is 9.13. The molecule has 2 saturated heterocycles. The molecule has 0 saturated carbocycles. The Balaban J connectivity index is 1.38. The van der Waals surface area contributed by atoms with Crippen LogP contribution in [0.4, 0.5) is 5.69 Å². The summed E-state index contributed by atoms with van der Waals surface area (Å²) in [6, 6.07) is 1.77. The van der Waals surface area contributed by atoms with Crippen LogP contribution >= 0.6 is 11.8 Å². The molecular formula is C18H24N4O2S. The smallest absolute Gasteiger partial charge is 0.255 e. The Labute approximate surface area is 152 Å². The highest BCUT2D eigenvalue weighted by molar-refractivity contribution is 8.00. The van der Waals surface area contributed by atoms with Crippen LogP contribution in [0.1, 0.15) is 36.0 Å². The maximum absolute atomic E-state index is 12.8. The van der Waals surface area contributed by atoms with Gasteiger partial charge in [0.25, 0.3) is 5.91 Å². The molecule has 1 N–H and O–H groups in total. The molecule has 6 nitrogen and oxygen atoms in total. The monoisotopic (exact) mass is 360 g/mol. The van der Waals surface area contributed by atoms with E-state index in [1.54, 1.807) is 12.3 Å². The number of rotatable bonds is 3. The zero-order valence-electron chi connectivity index (χ0n) is 14.4. The van der Waals surface area contributed by atoms with Crippen LogP contribution in [0.25, 0.3) is 0 Å². The molecule has 7 heteroatoms. The van der Waals surface area contributed by atoms with Crippen molar-refractivity contribution in [3.8, 4) is 0 Å². The lowest BCUT2D eigenvalue weighted by Gasteiger charge is -2.29. The van der Waals surface area contributed by atoms with Crippen molar-refractivity contribution in [3.63, 3.8) is 0 Å². The summed E-state index contributed by atoms with van der Waals surface area (Å²) >= 11 is 1.42. The first-order chi connectivity index (χ1) is 12.2. The van der Waals surface area contributed by atoms with Gasteiger partial charge in [-0.05, 0) is 44.3 Å². The summed E-state index contributed by atoms with van der Waals surface area (Å²) in [7, 11) is 0. The van der Waals surface area contributed by atoms with Gasteiger partial charge >= 0.3 is 0 Å². The second-order valence-corrected chi connectivity index (χ2v) is 8.14. The first kappa shape index (κ1) is 16.8. The average molecular weight is 360 g/mol. The summed E-state index contributed by atoms with van der Waals surface area (Å²) in [5, 5.41) is 3.60. The van der Waals surface area contributed by atoms with Crippen molar-refractivity contribution < 1.29 is 9.59 Å². The molecule has 4 heterocycles. The molecule has 4 rings (SSSR count). The quantitative estimate of drug-likeness (QED) is 0.894. The third-order valence-electron chi connectivity index (χ3n) is 5.25. The van der Waals surface area contributed by atoms with Gasteiger partial charge in [-0.1, -0.05) is 18.2 Å². The summed E-state index contributed by atoms with van der Waals surface area (Å²) < 4.78 is 0. The summed E-state index contributed by atoms with van der Waals surface area (Å²) in [6.07, 6.45) is 6.68. The number of hydrogen-bond acceptors (Lipinski definition) is 5. The Kier molecular flexibility index (Phi) is 4.94. The van der Waals surface area contributed by atoms with E-state index in [4.69, 9.17) is 0 Å². The molecule has 2 amide bonds. The van der Waals surface area contributed by atoms with Gasteiger partial charge in [0.05, 0.1) is 17.0 Å². The van der Waals surface area contributed by atoms with Crippen molar-refractivity contribution in [2.45, 2.75) is 30.7 Å². The first-order valence-corrected chi connectivity index (χ1v) is 10.1. The lowest BCUT2D eigenvalue weighted by Crippen LogP contribution is -2.36. The third kappa shape index (κ3) is 3.82. The Hall–Kier alpha value is -1.60. The average Bonchev–Trinajstić information content (AvgIpc) is 3.09. The summed E-state index contributed by atoms with van der Waals surface area (Å²) in [5.74, 6) is 0.952. The fourth-order valence-electron chi connectivity index (χ4n) is 3.95. The zero-order valence-corrected chi connectivity index (χ0v) is 15.2. The van der Waals surface area contributed by atoms with Crippen molar-refractivity contribution in [2.24, 2.45) is 5.92 Å². The second-order valence-electron chi connectivity index (χ2n) is 7.18. The minimum Gasteiger partial charge on any atom is -0.338 e. The predicted octanol–water partition coefficient (Wildman–Crippen LogP) is 2.07. The second kappa shape index (κ2) is 7.33. The fourth-order valence-corrected chi connectivity index (χ4v) is 4.68. The summed E-state index contributed by atoms with van der Waals surface area (Å²) in [4.78, 5) is 33.2. The van der Waals surface area contributed by atoms with Crippen molar-refractivity contribution in [3.05, 3.63) is 17.8 Å². The Morgan fingerprint density at radius 2 is 2.12 bits per heavy atom. The molecular weight excluding hydrogens is 336 g/mol. The number of piperidine rings is 1. The molecule has 3 aliphatic rings. The van der Waals surface area contributed by atoms with E-state index in [9.17, 15) is 9.59 Å². The third-order valence-corrected chi connectivity index (χ3v) is 6.26. The summed E-state index contributed by atoms with van der Waals surface area (Å²) in [5.41, 5.74) is 1.23. The number of carbonyl (C=O) groups excluding carboxylic acids is 2. The predicted molar refractivity (Wildman–Crippen MR) is 97.9 cm³/mol. The van der Waals surface area contributed by atoms with Crippen LogP contribution in [0.2, 0.25) is 0 Å². The normalized spacial score (nSPS) is 24.1. The van der Waals surface area contributed by atoms with Crippen molar-refractivity contribution in [2.75, 3.05) is 43.8 Å². The Bertz CT molecular complexity index is 675. The van der Waals surface area contributed by atoms with Crippen LogP contribution in [0.5, 0.6) is 0 Å². The van der Waals surface area contributed by atoms with Gasteiger partial charge in [0.2, 0.25) is 5.91 Å². The van der Waals surface area contributed by atoms with E-state index in [1.807, 2.05) is 4.90 Å². The van der Waals surface area contributed by atoms with Gasteiger partial charge in [0.1, 0.15) is 5.03 Å². The largest absolute Gasteiger partial charge is 0.338 e. The minimum atomic E-state index is -0.0355. The molecule has 2 fully saturated rings. The molecule has 1 atom stereocenters. The van der Waals surface area contributed by atoms with Crippen LogP contribution < -0.4 is 5.32 Å². The van der Waals surface area contributed by atoms with Crippen molar-refractivity contribution >= 4 is 29.3 Å². The number of nitrogens with one attached hydrogen (secondary N) is 1. The van der Waals surface area contributed by atoms with Crippen LogP contribution in [0.3, 0.4) is 0 Å².